The normalized spacial score (nSPS) is 15.8. The summed E-state index contributed by atoms with van der Waals surface area (Å²) in [5.41, 5.74) is 1.83. The van der Waals surface area contributed by atoms with E-state index in [1.54, 1.807) is 0 Å². The van der Waals surface area contributed by atoms with Crippen molar-refractivity contribution < 1.29 is 4.79 Å². The third kappa shape index (κ3) is 2.32. The predicted molar refractivity (Wildman–Crippen MR) is 62.0 cm³/mol. The maximum atomic E-state index is 11.7. The molecule has 1 saturated carbocycles. The Kier molecular flexibility index (Phi) is 3.27. The lowest BCUT2D eigenvalue weighted by Crippen LogP contribution is -2.28. The molecule has 0 aromatic heterocycles. The number of hydrogen-bond acceptors (Lipinski definition) is 1. The molecule has 0 bridgehead atoms. The summed E-state index contributed by atoms with van der Waals surface area (Å²) in [6.45, 7) is 0. The highest BCUT2D eigenvalue weighted by atomic mass is 35.5. The van der Waals surface area contributed by atoms with E-state index < -0.39 is 0 Å². The van der Waals surface area contributed by atoms with Gasteiger partial charge in [-0.05, 0) is 24.5 Å². The van der Waals surface area contributed by atoms with Crippen molar-refractivity contribution in [1.82, 2.24) is 0 Å². The van der Waals surface area contributed by atoms with Gasteiger partial charge in [0.25, 0.3) is 0 Å². The number of nitrogens with one attached hydrogen (secondary N) is 1. The molecular formula is C12H14ClNO. The minimum atomic E-state index is 0.138. The molecule has 0 unspecified atom stereocenters. The topological polar surface area (TPSA) is 29.1 Å². The molecule has 0 radical (unpaired) electrons. The molecule has 2 rings (SSSR count). The van der Waals surface area contributed by atoms with Crippen molar-refractivity contribution >= 4 is 23.2 Å². The summed E-state index contributed by atoms with van der Waals surface area (Å²) in [4.78, 5) is 11.7. The fourth-order valence-corrected chi connectivity index (χ4v) is 1.90. The summed E-state index contributed by atoms with van der Waals surface area (Å²) in [6, 6.07) is 7.67. The van der Waals surface area contributed by atoms with Crippen LogP contribution >= 0.6 is 11.6 Å². The van der Waals surface area contributed by atoms with Gasteiger partial charge < -0.3 is 5.32 Å². The van der Waals surface area contributed by atoms with Crippen molar-refractivity contribution in [1.29, 1.82) is 0 Å². The zero-order valence-corrected chi connectivity index (χ0v) is 9.26. The highest BCUT2D eigenvalue weighted by Crippen LogP contribution is 2.28. The van der Waals surface area contributed by atoms with Crippen LogP contribution in [-0.4, -0.2) is 5.91 Å². The second-order valence-corrected chi connectivity index (χ2v) is 4.18. The highest BCUT2D eigenvalue weighted by molar-refractivity contribution is 6.17. The quantitative estimate of drug-likeness (QED) is 0.784. The van der Waals surface area contributed by atoms with Gasteiger partial charge in [-0.1, -0.05) is 24.6 Å². The van der Waals surface area contributed by atoms with E-state index in [4.69, 9.17) is 11.6 Å². The van der Waals surface area contributed by atoms with Gasteiger partial charge in [-0.2, -0.15) is 0 Å². The average Bonchev–Trinajstić information content (AvgIpc) is 2.15. The number of amides is 1. The lowest BCUT2D eigenvalue weighted by atomic mass is 9.85. The van der Waals surface area contributed by atoms with Gasteiger partial charge in [0.05, 0.1) is 0 Å². The Morgan fingerprint density at radius 1 is 1.40 bits per heavy atom. The van der Waals surface area contributed by atoms with Gasteiger partial charge in [-0.25, -0.2) is 0 Å². The van der Waals surface area contributed by atoms with Crippen molar-refractivity contribution in [3.05, 3.63) is 29.8 Å². The largest absolute Gasteiger partial charge is 0.326 e. The molecule has 3 heteroatoms. The first-order valence-electron chi connectivity index (χ1n) is 5.26. The van der Waals surface area contributed by atoms with Crippen LogP contribution in [0, 0.1) is 5.92 Å². The van der Waals surface area contributed by atoms with Crippen molar-refractivity contribution in [3.63, 3.8) is 0 Å². The molecular weight excluding hydrogens is 210 g/mol. The van der Waals surface area contributed by atoms with Crippen LogP contribution in [0.25, 0.3) is 0 Å². The van der Waals surface area contributed by atoms with Crippen LogP contribution in [0.1, 0.15) is 24.8 Å². The number of alkyl halides is 1. The third-order valence-electron chi connectivity index (χ3n) is 2.90. The first-order chi connectivity index (χ1) is 7.31. The Hall–Kier alpha value is -1.02. The number of halogens is 1. The van der Waals surface area contributed by atoms with E-state index >= 15 is 0 Å². The molecule has 2 nitrogen and oxygen atoms in total. The molecule has 0 atom stereocenters. The molecule has 0 saturated heterocycles. The Labute approximate surface area is 94.6 Å². The fourth-order valence-electron chi connectivity index (χ4n) is 1.66. The fraction of sp³-hybridized carbons (Fsp3) is 0.417. The monoisotopic (exact) mass is 223 g/mol. The molecule has 0 aliphatic heterocycles. The lowest BCUT2D eigenvalue weighted by molar-refractivity contribution is -0.122. The molecule has 1 amide bonds. The molecule has 1 aromatic carbocycles. The number of para-hydroxylation sites is 1. The molecule has 1 aliphatic carbocycles. The number of anilines is 1. The maximum Gasteiger partial charge on any atom is 0.227 e. The van der Waals surface area contributed by atoms with E-state index in [9.17, 15) is 4.79 Å². The zero-order valence-electron chi connectivity index (χ0n) is 8.50. The van der Waals surface area contributed by atoms with Crippen LogP contribution in [0.2, 0.25) is 0 Å². The molecule has 0 heterocycles. The van der Waals surface area contributed by atoms with E-state index in [1.807, 2.05) is 24.3 Å². The van der Waals surface area contributed by atoms with Gasteiger partial charge in [0, 0.05) is 17.5 Å². The molecule has 1 aliphatic rings. The van der Waals surface area contributed by atoms with Gasteiger partial charge in [-0.3, -0.25) is 4.79 Å². The summed E-state index contributed by atoms with van der Waals surface area (Å²) < 4.78 is 0. The van der Waals surface area contributed by atoms with Crippen LogP contribution in [-0.2, 0) is 10.7 Å². The van der Waals surface area contributed by atoms with E-state index in [-0.39, 0.29) is 11.8 Å². The second kappa shape index (κ2) is 4.67. The van der Waals surface area contributed by atoms with Gasteiger partial charge in [0.2, 0.25) is 5.91 Å². The lowest BCUT2D eigenvalue weighted by Gasteiger charge is -2.24. The number of benzene rings is 1. The van der Waals surface area contributed by atoms with Crippen LogP contribution in [0.15, 0.2) is 24.3 Å². The minimum absolute atomic E-state index is 0.138. The number of rotatable bonds is 3. The molecule has 1 N–H and O–H groups in total. The number of carbonyl (C=O) groups is 1. The minimum Gasteiger partial charge on any atom is -0.326 e. The summed E-state index contributed by atoms with van der Waals surface area (Å²) in [5, 5.41) is 2.94. The Balaban J connectivity index is 2.05. The summed E-state index contributed by atoms with van der Waals surface area (Å²) in [7, 11) is 0. The predicted octanol–water partition coefficient (Wildman–Crippen LogP) is 3.16. The summed E-state index contributed by atoms with van der Waals surface area (Å²) in [6.07, 6.45) is 3.22. The van der Waals surface area contributed by atoms with E-state index in [0.29, 0.717) is 5.88 Å². The molecule has 1 aromatic rings. The zero-order chi connectivity index (χ0) is 10.7. The number of hydrogen-bond donors (Lipinski definition) is 1. The van der Waals surface area contributed by atoms with E-state index in [1.165, 1.54) is 6.42 Å². The van der Waals surface area contributed by atoms with Gasteiger partial charge in [0.1, 0.15) is 0 Å². The second-order valence-electron chi connectivity index (χ2n) is 3.91. The van der Waals surface area contributed by atoms with Crippen LogP contribution in [0.4, 0.5) is 5.69 Å². The van der Waals surface area contributed by atoms with Crippen molar-refractivity contribution in [3.8, 4) is 0 Å². The van der Waals surface area contributed by atoms with Crippen LogP contribution in [0.5, 0.6) is 0 Å². The molecule has 0 spiro atoms. The van der Waals surface area contributed by atoms with Crippen molar-refractivity contribution in [2.75, 3.05) is 5.32 Å². The summed E-state index contributed by atoms with van der Waals surface area (Å²) in [5.74, 6) is 0.786. The van der Waals surface area contributed by atoms with E-state index in [2.05, 4.69) is 5.32 Å². The smallest absolute Gasteiger partial charge is 0.227 e. The van der Waals surface area contributed by atoms with Crippen LogP contribution in [0.3, 0.4) is 0 Å². The Bertz CT molecular complexity index is 360. The molecule has 15 heavy (non-hydrogen) atoms. The highest BCUT2D eigenvalue weighted by Gasteiger charge is 2.25. The van der Waals surface area contributed by atoms with Gasteiger partial charge in [-0.15, -0.1) is 11.6 Å². The average molecular weight is 224 g/mol. The first kappa shape index (κ1) is 10.5. The SMILES string of the molecule is O=C(Nc1ccccc1CCl)C1CCC1. The Morgan fingerprint density at radius 3 is 2.73 bits per heavy atom. The summed E-state index contributed by atoms with van der Waals surface area (Å²) >= 11 is 5.79. The van der Waals surface area contributed by atoms with Gasteiger partial charge in [0.15, 0.2) is 0 Å². The van der Waals surface area contributed by atoms with E-state index in [0.717, 1.165) is 24.1 Å². The van der Waals surface area contributed by atoms with Crippen LogP contribution < -0.4 is 5.32 Å². The maximum absolute atomic E-state index is 11.7. The van der Waals surface area contributed by atoms with Crippen molar-refractivity contribution in [2.45, 2.75) is 25.1 Å². The third-order valence-corrected chi connectivity index (χ3v) is 3.18. The first-order valence-corrected chi connectivity index (χ1v) is 5.79. The standard InChI is InChI=1S/C12H14ClNO/c13-8-10-4-1-2-7-11(10)14-12(15)9-5-3-6-9/h1-2,4,7,9H,3,5-6,8H2,(H,14,15). The van der Waals surface area contributed by atoms with Crippen molar-refractivity contribution in [2.24, 2.45) is 5.92 Å². The Morgan fingerprint density at radius 2 is 2.13 bits per heavy atom. The molecule has 80 valence electrons. The van der Waals surface area contributed by atoms with Gasteiger partial charge >= 0.3 is 0 Å². The number of carbonyl (C=O) groups excluding carboxylic acids is 1. The molecule has 1 fully saturated rings.